The molecule has 1 rings (SSSR count). The molecule has 0 aliphatic heterocycles. The number of nitrogens with zero attached hydrogens (tertiary/aromatic N) is 1. The summed E-state index contributed by atoms with van der Waals surface area (Å²) in [5, 5.41) is 0. The van der Waals surface area contributed by atoms with Gasteiger partial charge >= 0.3 is 6.18 Å². The summed E-state index contributed by atoms with van der Waals surface area (Å²) < 4.78 is 77.7. The lowest BCUT2D eigenvalue weighted by molar-refractivity contribution is -0.190. The van der Waals surface area contributed by atoms with Crippen LogP contribution < -0.4 is 4.74 Å². The van der Waals surface area contributed by atoms with Crippen molar-refractivity contribution in [2.24, 2.45) is 0 Å². The molecule has 0 radical (unpaired) electrons. The average Bonchev–Trinajstić information content (AvgIpc) is 2.12. The van der Waals surface area contributed by atoms with Crippen molar-refractivity contribution in [3.05, 3.63) is 23.6 Å². The Hall–Kier alpha value is -1.47. The second-order valence-electron chi connectivity index (χ2n) is 2.85. The van der Waals surface area contributed by atoms with Crippen LogP contribution in [-0.4, -0.2) is 17.3 Å². The molecule has 1 atom stereocenters. The molecule has 1 aromatic heterocycles. The molecule has 1 heterocycles. The maximum atomic E-state index is 12.8. The van der Waals surface area contributed by atoms with Crippen molar-refractivity contribution in [1.29, 1.82) is 0 Å². The third-order valence-corrected chi connectivity index (χ3v) is 1.60. The van der Waals surface area contributed by atoms with Gasteiger partial charge in [-0.2, -0.15) is 22.5 Å². The maximum Gasteiger partial charge on any atom is 0.425 e. The molecule has 0 aromatic carbocycles. The van der Waals surface area contributed by atoms with Crippen LogP contribution in [0.15, 0.2) is 6.07 Å². The van der Waals surface area contributed by atoms with Gasteiger partial charge in [0.25, 0.3) is 11.8 Å². The zero-order chi connectivity index (χ0) is 12.5. The molecule has 0 aliphatic rings. The van der Waals surface area contributed by atoms with E-state index in [1.165, 1.54) is 0 Å². The molecule has 0 N–H and O–H groups in total. The van der Waals surface area contributed by atoms with E-state index in [9.17, 15) is 26.3 Å². The third kappa shape index (κ3) is 2.77. The van der Waals surface area contributed by atoms with Gasteiger partial charge in [0.2, 0.25) is 0 Å². The summed E-state index contributed by atoms with van der Waals surface area (Å²) in [4.78, 5) is 2.59. The molecule has 0 aliphatic carbocycles. The highest BCUT2D eigenvalue weighted by Gasteiger charge is 2.39. The fraction of sp³-hybridized carbons (Fsp3) is 0.375. The van der Waals surface area contributed by atoms with Crippen LogP contribution in [0.2, 0.25) is 0 Å². The lowest BCUT2D eigenvalue weighted by atomic mass is 10.4. The number of aromatic nitrogens is 1. The summed E-state index contributed by atoms with van der Waals surface area (Å²) in [7, 11) is 0. The Kier molecular flexibility index (Phi) is 3.30. The fourth-order valence-corrected chi connectivity index (χ4v) is 0.745. The monoisotopic (exact) mass is 245 g/mol. The zero-order valence-electron chi connectivity index (χ0n) is 7.78. The van der Waals surface area contributed by atoms with Crippen molar-refractivity contribution < 1.29 is 31.1 Å². The van der Waals surface area contributed by atoms with Crippen molar-refractivity contribution >= 4 is 0 Å². The molecular weight excluding hydrogens is 240 g/mol. The molecule has 1 aromatic rings. The van der Waals surface area contributed by atoms with Gasteiger partial charge in [0.1, 0.15) is 0 Å². The van der Waals surface area contributed by atoms with Crippen LogP contribution in [-0.2, 0) is 0 Å². The maximum absolute atomic E-state index is 12.8. The molecule has 0 bridgehead atoms. The molecule has 0 fully saturated rings. The van der Waals surface area contributed by atoms with E-state index in [0.717, 1.165) is 0 Å². The highest BCUT2D eigenvalue weighted by Crippen LogP contribution is 2.25. The van der Waals surface area contributed by atoms with Crippen molar-refractivity contribution in [2.45, 2.75) is 19.2 Å². The molecule has 0 spiro atoms. The Morgan fingerprint density at radius 2 is 1.75 bits per heavy atom. The van der Waals surface area contributed by atoms with Crippen molar-refractivity contribution in [1.82, 2.24) is 4.98 Å². The lowest BCUT2D eigenvalue weighted by Gasteiger charge is -2.16. The van der Waals surface area contributed by atoms with E-state index in [-0.39, 0.29) is 6.07 Å². The SMILES string of the molecule is CC(Oc1nc(F)c(F)cc1F)C(F)(F)F. The van der Waals surface area contributed by atoms with Gasteiger partial charge < -0.3 is 4.74 Å². The van der Waals surface area contributed by atoms with Crippen LogP contribution in [0.4, 0.5) is 26.3 Å². The number of pyridine rings is 1. The third-order valence-electron chi connectivity index (χ3n) is 1.60. The predicted molar refractivity (Wildman–Crippen MR) is 40.3 cm³/mol. The highest BCUT2D eigenvalue weighted by molar-refractivity contribution is 5.15. The fourth-order valence-electron chi connectivity index (χ4n) is 0.745. The van der Waals surface area contributed by atoms with Gasteiger partial charge in [-0.05, 0) is 6.92 Å². The molecule has 1 unspecified atom stereocenters. The summed E-state index contributed by atoms with van der Waals surface area (Å²) in [5.74, 6) is -6.07. The highest BCUT2D eigenvalue weighted by atomic mass is 19.4. The van der Waals surface area contributed by atoms with E-state index in [4.69, 9.17) is 0 Å². The quantitative estimate of drug-likeness (QED) is 0.590. The number of halogens is 6. The predicted octanol–water partition coefficient (Wildman–Crippen LogP) is 2.83. The lowest BCUT2D eigenvalue weighted by Crippen LogP contribution is -2.31. The number of alkyl halides is 3. The van der Waals surface area contributed by atoms with Crippen molar-refractivity contribution in [2.75, 3.05) is 0 Å². The second-order valence-corrected chi connectivity index (χ2v) is 2.85. The summed E-state index contributed by atoms with van der Waals surface area (Å²) in [5.41, 5.74) is 0. The van der Waals surface area contributed by atoms with Gasteiger partial charge in [0.15, 0.2) is 17.7 Å². The first-order valence-corrected chi connectivity index (χ1v) is 3.96. The minimum atomic E-state index is -4.75. The molecule has 0 amide bonds. The van der Waals surface area contributed by atoms with E-state index < -0.39 is 35.7 Å². The topological polar surface area (TPSA) is 22.1 Å². The Bertz CT molecular complexity index is 391. The summed E-state index contributed by atoms with van der Waals surface area (Å²) >= 11 is 0. The first-order valence-electron chi connectivity index (χ1n) is 3.96. The van der Waals surface area contributed by atoms with Crippen molar-refractivity contribution in [3.8, 4) is 5.88 Å². The minimum absolute atomic E-state index is 0.0563. The number of ether oxygens (including phenoxy) is 1. The summed E-state index contributed by atoms with van der Waals surface area (Å²) in [6.45, 7) is 0.586. The Morgan fingerprint density at radius 1 is 1.19 bits per heavy atom. The van der Waals surface area contributed by atoms with Crippen molar-refractivity contribution in [3.63, 3.8) is 0 Å². The Morgan fingerprint density at radius 3 is 2.25 bits per heavy atom. The molecular formula is C8H5F6NO. The first-order chi connectivity index (χ1) is 7.21. The number of hydrogen-bond donors (Lipinski definition) is 0. The molecule has 16 heavy (non-hydrogen) atoms. The van der Waals surface area contributed by atoms with Gasteiger partial charge in [0, 0.05) is 6.07 Å². The van der Waals surface area contributed by atoms with Crippen LogP contribution in [0.1, 0.15) is 6.92 Å². The minimum Gasteiger partial charge on any atom is -0.463 e. The second kappa shape index (κ2) is 4.18. The Balaban J connectivity index is 2.94. The molecule has 90 valence electrons. The largest absolute Gasteiger partial charge is 0.463 e. The zero-order valence-corrected chi connectivity index (χ0v) is 7.78. The van der Waals surface area contributed by atoms with Gasteiger partial charge in [-0.1, -0.05) is 0 Å². The molecule has 0 saturated carbocycles. The summed E-state index contributed by atoms with van der Waals surface area (Å²) in [6, 6.07) is 0.0563. The number of rotatable bonds is 2. The standard InChI is InChI=1S/C8H5F6NO/c1-3(8(12,13)14)16-7-5(10)2-4(9)6(11)15-7/h2-3H,1H3. The van der Waals surface area contributed by atoms with E-state index in [0.29, 0.717) is 6.92 Å². The average molecular weight is 245 g/mol. The van der Waals surface area contributed by atoms with Crippen LogP contribution in [0, 0.1) is 17.6 Å². The summed E-state index contributed by atoms with van der Waals surface area (Å²) in [6.07, 6.45) is -7.13. The van der Waals surface area contributed by atoms with Crippen LogP contribution in [0.25, 0.3) is 0 Å². The van der Waals surface area contributed by atoms with E-state index in [1.807, 2.05) is 0 Å². The molecule has 0 saturated heterocycles. The van der Waals surface area contributed by atoms with Gasteiger partial charge in [0.05, 0.1) is 0 Å². The van der Waals surface area contributed by atoms with E-state index in [2.05, 4.69) is 9.72 Å². The van der Waals surface area contributed by atoms with Gasteiger partial charge in [-0.25, -0.2) is 8.78 Å². The van der Waals surface area contributed by atoms with E-state index in [1.54, 1.807) is 0 Å². The van der Waals surface area contributed by atoms with Crippen LogP contribution in [0.5, 0.6) is 5.88 Å². The van der Waals surface area contributed by atoms with E-state index >= 15 is 0 Å². The number of hydrogen-bond acceptors (Lipinski definition) is 2. The van der Waals surface area contributed by atoms with Gasteiger partial charge in [-0.15, -0.1) is 0 Å². The van der Waals surface area contributed by atoms with Crippen LogP contribution in [0.3, 0.4) is 0 Å². The Labute approximate surface area is 85.9 Å². The smallest absolute Gasteiger partial charge is 0.425 e. The normalized spacial score (nSPS) is 13.7. The van der Waals surface area contributed by atoms with Gasteiger partial charge in [-0.3, -0.25) is 0 Å². The first kappa shape index (κ1) is 12.6. The van der Waals surface area contributed by atoms with Crippen LogP contribution >= 0.6 is 0 Å². The molecule has 2 nitrogen and oxygen atoms in total. The molecule has 8 heteroatoms.